The fourth-order valence-electron chi connectivity index (χ4n) is 3.12. The second-order valence-corrected chi connectivity index (χ2v) is 8.04. The lowest BCUT2D eigenvalue weighted by atomic mass is 10.2. The van der Waals surface area contributed by atoms with Crippen molar-refractivity contribution < 1.29 is 18.7 Å². The predicted octanol–water partition coefficient (Wildman–Crippen LogP) is 4.11. The molecule has 4 aromatic rings. The summed E-state index contributed by atoms with van der Waals surface area (Å²) in [5.41, 5.74) is 2.37. The van der Waals surface area contributed by atoms with Crippen molar-refractivity contribution in [3.8, 4) is 23.1 Å². The first-order valence-electron chi connectivity index (χ1n) is 9.44. The van der Waals surface area contributed by atoms with E-state index in [1.165, 1.54) is 11.8 Å². The molecule has 8 nitrogen and oxygen atoms in total. The first-order chi connectivity index (χ1) is 14.7. The van der Waals surface area contributed by atoms with E-state index in [4.69, 9.17) is 13.9 Å². The number of nitrogens with zero attached hydrogens (tertiary/aromatic N) is 2. The summed E-state index contributed by atoms with van der Waals surface area (Å²) in [6.07, 6.45) is 0. The number of amides is 1. The molecule has 30 heavy (non-hydrogen) atoms. The van der Waals surface area contributed by atoms with Gasteiger partial charge in [0.15, 0.2) is 11.5 Å². The highest BCUT2D eigenvalue weighted by Crippen LogP contribution is 2.33. The Morgan fingerprint density at radius 2 is 1.93 bits per heavy atom. The molecule has 1 atom stereocenters. The summed E-state index contributed by atoms with van der Waals surface area (Å²) >= 11 is 1.20. The molecule has 152 valence electrons. The summed E-state index contributed by atoms with van der Waals surface area (Å²) < 4.78 is 16.8. The third-order valence-corrected chi connectivity index (χ3v) is 5.56. The molecule has 1 aliphatic heterocycles. The maximum absolute atomic E-state index is 12.6. The number of aromatic amines is 1. The molecular formula is C21H18N4O4S. The molecule has 2 aromatic carbocycles. The monoisotopic (exact) mass is 422 g/mol. The van der Waals surface area contributed by atoms with Crippen LogP contribution in [0.4, 0.5) is 5.69 Å². The molecule has 0 aliphatic carbocycles. The topological polar surface area (TPSA) is 102 Å². The molecule has 9 heteroatoms. The lowest BCUT2D eigenvalue weighted by Crippen LogP contribution is -2.22. The van der Waals surface area contributed by atoms with Crippen LogP contribution in [0.25, 0.3) is 22.5 Å². The Hall–Kier alpha value is -3.46. The molecule has 0 unspecified atom stereocenters. The number of carbonyl (C=O) groups is 1. The molecule has 0 fully saturated rings. The van der Waals surface area contributed by atoms with E-state index >= 15 is 0 Å². The first-order valence-corrected chi connectivity index (χ1v) is 10.3. The van der Waals surface area contributed by atoms with Crippen LogP contribution in [0.5, 0.6) is 11.5 Å². The average Bonchev–Trinajstić information content (AvgIpc) is 3.40. The average molecular weight is 422 g/mol. The number of aromatic nitrogens is 3. The minimum absolute atomic E-state index is 0.179. The van der Waals surface area contributed by atoms with Gasteiger partial charge < -0.3 is 24.2 Å². The molecule has 0 radical (unpaired) electrons. The fourth-order valence-corrected chi connectivity index (χ4v) is 3.81. The van der Waals surface area contributed by atoms with E-state index in [2.05, 4.69) is 20.5 Å². The van der Waals surface area contributed by atoms with Gasteiger partial charge in [0.2, 0.25) is 5.91 Å². The van der Waals surface area contributed by atoms with Crippen molar-refractivity contribution in [1.82, 2.24) is 15.2 Å². The van der Waals surface area contributed by atoms with Crippen LogP contribution in [0.1, 0.15) is 6.92 Å². The van der Waals surface area contributed by atoms with Gasteiger partial charge in [-0.1, -0.05) is 30.0 Å². The van der Waals surface area contributed by atoms with Gasteiger partial charge in [-0.05, 0) is 31.2 Å². The number of anilines is 1. The Labute approximate surface area is 176 Å². The Morgan fingerprint density at radius 1 is 1.10 bits per heavy atom. The predicted molar refractivity (Wildman–Crippen MR) is 113 cm³/mol. The molecule has 5 rings (SSSR count). The van der Waals surface area contributed by atoms with Crippen LogP contribution in [0.2, 0.25) is 0 Å². The van der Waals surface area contributed by atoms with Crippen molar-refractivity contribution in [2.24, 2.45) is 0 Å². The normalized spacial score (nSPS) is 13.9. The van der Waals surface area contributed by atoms with Crippen LogP contribution in [0.15, 0.2) is 58.2 Å². The van der Waals surface area contributed by atoms with Gasteiger partial charge in [0, 0.05) is 22.7 Å². The van der Waals surface area contributed by atoms with Crippen molar-refractivity contribution in [2.75, 3.05) is 18.5 Å². The molecule has 0 saturated carbocycles. The Bertz CT molecular complexity index is 1190. The number of rotatable bonds is 5. The minimum atomic E-state index is -0.436. The summed E-state index contributed by atoms with van der Waals surface area (Å²) in [6, 6.07) is 15.2. The van der Waals surface area contributed by atoms with Crippen LogP contribution >= 0.6 is 11.8 Å². The van der Waals surface area contributed by atoms with E-state index in [1.807, 2.05) is 30.3 Å². The van der Waals surface area contributed by atoms with E-state index in [0.717, 1.165) is 16.6 Å². The highest BCUT2D eigenvalue weighted by molar-refractivity contribution is 8.00. The maximum atomic E-state index is 12.6. The second kappa shape index (κ2) is 7.75. The van der Waals surface area contributed by atoms with Crippen LogP contribution in [-0.2, 0) is 4.79 Å². The van der Waals surface area contributed by atoms with E-state index < -0.39 is 5.25 Å². The Morgan fingerprint density at radius 3 is 2.80 bits per heavy atom. The van der Waals surface area contributed by atoms with Crippen molar-refractivity contribution in [1.29, 1.82) is 0 Å². The van der Waals surface area contributed by atoms with Gasteiger partial charge >= 0.3 is 0 Å². The van der Waals surface area contributed by atoms with Gasteiger partial charge in [0.05, 0.1) is 5.25 Å². The van der Waals surface area contributed by atoms with Gasteiger partial charge in [-0.2, -0.15) is 0 Å². The van der Waals surface area contributed by atoms with Crippen LogP contribution < -0.4 is 14.8 Å². The van der Waals surface area contributed by atoms with Gasteiger partial charge in [0.1, 0.15) is 18.9 Å². The Balaban J connectivity index is 1.25. The number of hydrogen-bond acceptors (Lipinski definition) is 7. The van der Waals surface area contributed by atoms with Crippen LogP contribution in [0, 0.1) is 0 Å². The van der Waals surface area contributed by atoms with E-state index in [9.17, 15) is 4.79 Å². The summed E-state index contributed by atoms with van der Waals surface area (Å²) in [7, 11) is 0. The van der Waals surface area contributed by atoms with Crippen LogP contribution in [-0.4, -0.2) is 39.6 Å². The van der Waals surface area contributed by atoms with Gasteiger partial charge in [-0.25, -0.2) is 0 Å². The lowest BCUT2D eigenvalue weighted by Gasteiger charge is -2.19. The van der Waals surface area contributed by atoms with E-state index in [0.29, 0.717) is 41.5 Å². The van der Waals surface area contributed by atoms with Crippen molar-refractivity contribution in [3.63, 3.8) is 0 Å². The quantitative estimate of drug-likeness (QED) is 0.467. The number of fused-ring (bicyclic) bond motifs is 2. The third kappa shape index (κ3) is 3.71. The molecule has 0 spiro atoms. The van der Waals surface area contributed by atoms with Crippen molar-refractivity contribution in [3.05, 3.63) is 48.5 Å². The fraction of sp³-hybridized carbons (Fsp3) is 0.190. The number of H-pyrrole nitrogens is 1. The Kier molecular flexibility index (Phi) is 4.80. The number of thioether (sulfide) groups is 1. The number of nitrogens with one attached hydrogen (secondary N) is 2. The largest absolute Gasteiger partial charge is 0.486 e. The number of para-hydroxylation sites is 1. The first kappa shape index (κ1) is 18.6. The van der Waals surface area contributed by atoms with E-state index in [-0.39, 0.29) is 5.91 Å². The summed E-state index contributed by atoms with van der Waals surface area (Å²) in [5, 5.41) is 12.0. The number of ether oxygens (including phenoxy) is 2. The zero-order valence-electron chi connectivity index (χ0n) is 16.0. The molecule has 3 heterocycles. The van der Waals surface area contributed by atoms with Crippen molar-refractivity contribution >= 4 is 34.3 Å². The molecule has 2 aromatic heterocycles. The van der Waals surface area contributed by atoms with Crippen LogP contribution in [0.3, 0.4) is 0 Å². The summed E-state index contributed by atoms with van der Waals surface area (Å²) in [6.45, 7) is 2.80. The molecular weight excluding hydrogens is 404 g/mol. The van der Waals surface area contributed by atoms with Gasteiger partial charge in [-0.3, -0.25) is 4.79 Å². The summed E-state index contributed by atoms with van der Waals surface area (Å²) in [4.78, 5) is 15.8. The minimum Gasteiger partial charge on any atom is -0.486 e. The number of hydrogen-bond donors (Lipinski definition) is 2. The molecule has 2 N–H and O–H groups in total. The number of benzene rings is 2. The zero-order chi connectivity index (χ0) is 20.5. The zero-order valence-corrected chi connectivity index (χ0v) is 16.9. The number of carbonyl (C=O) groups excluding carboxylic acids is 1. The van der Waals surface area contributed by atoms with E-state index in [1.54, 1.807) is 25.1 Å². The third-order valence-electron chi connectivity index (χ3n) is 4.62. The summed E-state index contributed by atoms with van der Waals surface area (Å²) in [5.74, 6) is 1.51. The van der Waals surface area contributed by atoms with Crippen molar-refractivity contribution in [2.45, 2.75) is 17.4 Å². The molecule has 1 aliphatic rings. The lowest BCUT2D eigenvalue weighted by molar-refractivity contribution is -0.115. The molecule has 0 saturated heterocycles. The maximum Gasteiger partial charge on any atom is 0.277 e. The smallest absolute Gasteiger partial charge is 0.277 e. The highest BCUT2D eigenvalue weighted by atomic mass is 32.2. The molecule has 1 amide bonds. The molecule has 0 bridgehead atoms. The standard InChI is InChI=1S/C21H18N4O4S/c1-12(19(26)22-14-6-7-17-18(11-14)28-9-8-27-17)30-21-25-24-20(29-21)16-10-13-4-2-3-5-15(13)23-16/h2-7,10-12,23H,8-9H2,1H3,(H,22,26)/t12-/m0/s1. The van der Waals surface area contributed by atoms with Gasteiger partial charge in [0.25, 0.3) is 11.1 Å². The van der Waals surface area contributed by atoms with Gasteiger partial charge in [-0.15, -0.1) is 10.2 Å². The second-order valence-electron chi connectivity index (χ2n) is 6.75. The SMILES string of the molecule is C[C@H](Sc1nnc(-c2cc3ccccc3[nH]2)o1)C(=O)Nc1ccc2c(c1)OCCO2. The highest BCUT2D eigenvalue weighted by Gasteiger charge is 2.20.